The van der Waals surface area contributed by atoms with Crippen LogP contribution in [-0.2, 0) is 0 Å². The highest BCUT2D eigenvalue weighted by Gasteiger charge is 2.07. The summed E-state index contributed by atoms with van der Waals surface area (Å²) in [5, 5.41) is 9.12. The third-order valence-electron chi connectivity index (χ3n) is 3.81. The molecule has 8 heteroatoms. The molecule has 0 unspecified atom stereocenters. The van der Waals surface area contributed by atoms with Crippen molar-refractivity contribution in [2.24, 2.45) is 0 Å². The SMILES string of the molecule is O=C(Nc1ccc(Nc2ncc[nH]2)cc1)c1ccc(Nc2ncc[nH]2)cc1. The summed E-state index contributed by atoms with van der Waals surface area (Å²) in [6.07, 6.45) is 6.82. The van der Waals surface area contributed by atoms with Crippen LogP contribution in [0.5, 0.6) is 0 Å². The van der Waals surface area contributed by atoms with Gasteiger partial charge in [-0.1, -0.05) is 0 Å². The van der Waals surface area contributed by atoms with Crippen molar-refractivity contribution in [1.82, 2.24) is 19.9 Å². The Morgan fingerprint density at radius 2 is 1.19 bits per heavy atom. The van der Waals surface area contributed by atoms with Crippen LogP contribution in [0.25, 0.3) is 0 Å². The Hall–Kier alpha value is -4.07. The maximum absolute atomic E-state index is 12.4. The molecule has 0 aliphatic carbocycles. The lowest BCUT2D eigenvalue weighted by Gasteiger charge is -2.08. The molecule has 1 amide bonds. The third-order valence-corrected chi connectivity index (χ3v) is 3.81. The maximum atomic E-state index is 12.4. The van der Waals surface area contributed by atoms with Crippen molar-refractivity contribution in [3.8, 4) is 0 Å². The van der Waals surface area contributed by atoms with Crippen molar-refractivity contribution >= 4 is 34.9 Å². The van der Waals surface area contributed by atoms with Crippen molar-refractivity contribution in [2.75, 3.05) is 16.0 Å². The summed E-state index contributed by atoms with van der Waals surface area (Å²) >= 11 is 0. The van der Waals surface area contributed by atoms with Gasteiger partial charge < -0.3 is 25.9 Å². The van der Waals surface area contributed by atoms with E-state index in [2.05, 4.69) is 35.9 Å². The molecule has 0 saturated heterocycles. The van der Waals surface area contributed by atoms with Gasteiger partial charge >= 0.3 is 0 Å². The second kappa shape index (κ2) is 7.44. The largest absolute Gasteiger partial charge is 0.331 e. The average Bonchev–Trinajstić information content (AvgIpc) is 3.38. The van der Waals surface area contributed by atoms with Crippen molar-refractivity contribution in [3.05, 3.63) is 78.9 Å². The standard InChI is InChI=1S/C19H17N7O/c27-17(13-1-3-15(4-2-13)25-18-20-9-10-21-18)24-14-5-7-16(8-6-14)26-19-22-11-12-23-19/h1-12H,(H,24,27)(H2,20,21,25)(H2,22,23,26). The van der Waals surface area contributed by atoms with Gasteiger partial charge in [-0.15, -0.1) is 0 Å². The summed E-state index contributed by atoms with van der Waals surface area (Å²) in [6, 6.07) is 14.6. The van der Waals surface area contributed by atoms with Gasteiger partial charge in [0.05, 0.1) is 0 Å². The van der Waals surface area contributed by atoms with Gasteiger partial charge in [-0.3, -0.25) is 4.79 Å². The van der Waals surface area contributed by atoms with E-state index in [0.717, 1.165) is 11.4 Å². The van der Waals surface area contributed by atoms with Crippen molar-refractivity contribution < 1.29 is 4.79 Å². The molecule has 2 aromatic carbocycles. The van der Waals surface area contributed by atoms with Crippen LogP contribution in [0.3, 0.4) is 0 Å². The minimum atomic E-state index is -0.175. The summed E-state index contributed by atoms with van der Waals surface area (Å²) in [6.45, 7) is 0. The lowest BCUT2D eigenvalue weighted by Crippen LogP contribution is -2.11. The molecule has 0 aliphatic rings. The number of amides is 1. The zero-order chi connectivity index (χ0) is 18.5. The first kappa shape index (κ1) is 16.4. The Bertz CT molecular complexity index is 991. The van der Waals surface area contributed by atoms with E-state index in [1.54, 1.807) is 36.9 Å². The van der Waals surface area contributed by atoms with Crippen LogP contribution in [0.4, 0.5) is 29.0 Å². The number of benzene rings is 2. The highest BCUT2D eigenvalue weighted by Crippen LogP contribution is 2.18. The smallest absolute Gasteiger partial charge is 0.255 e. The van der Waals surface area contributed by atoms with E-state index < -0.39 is 0 Å². The molecule has 0 radical (unpaired) electrons. The fourth-order valence-electron chi connectivity index (χ4n) is 2.49. The molecule has 2 aromatic heterocycles. The molecule has 5 N–H and O–H groups in total. The summed E-state index contributed by atoms with van der Waals surface area (Å²) in [7, 11) is 0. The predicted octanol–water partition coefficient (Wildman–Crippen LogP) is 3.87. The zero-order valence-corrected chi connectivity index (χ0v) is 14.2. The van der Waals surface area contributed by atoms with Crippen molar-refractivity contribution in [1.29, 1.82) is 0 Å². The van der Waals surface area contributed by atoms with Gasteiger partial charge in [-0.25, -0.2) is 9.97 Å². The molecule has 2 heterocycles. The normalized spacial score (nSPS) is 10.4. The van der Waals surface area contributed by atoms with E-state index in [9.17, 15) is 4.79 Å². The fourth-order valence-corrected chi connectivity index (χ4v) is 2.49. The van der Waals surface area contributed by atoms with E-state index in [1.807, 2.05) is 36.4 Å². The van der Waals surface area contributed by atoms with Crippen LogP contribution in [0.15, 0.2) is 73.3 Å². The van der Waals surface area contributed by atoms with Crippen LogP contribution in [0, 0.1) is 0 Å². The molecular formula is C19H17N7O. The highest BCUT2D eigenvalue weighted by molar-refractivity contribution is 6.04. The Labute approximate surface area is 155 Å². The van der Waals surface area contributed by atoms with Gasteiger partial charge in [-0.2, -0.15) is 0 Å². The minimum Gasteiger partial charge on any atom is -0.331 e. The number of H-pyrrole nitrogens is 2. The average molecular weight is 359 g/mol. The maximum Gasteiger partial charge on any atom is 0.255 e. The van der Waals surface area contributed by atoms with Crippen LogP contribution in [-0.4, -0.2) is 25.8 Å². The molecule has 0 aliphatic heterocycles. The van der Waals surface area contributed by atoms with E-state index in [-0.39, 0.29) is 5.91 Å². The number of rotatable bonds is 6. The van der Waals surface area contributed by atoms with E-state index in [0.29, 0.717) is 23.1 Å². The van der Waals surface area contributed by atoms with Gasteiger partial charge in [-0.05, 0) is 48.5 Å². The van der Waals surface area contributed by atoms with Gasteiger partial charge in [0.25, 0.3) is 5.91 Å². The lowest BCUT2D eigenvalue weighted by molar-refractivity contribution is 0.102. The summed E-state index contributed by atoms with van der Waals surface area (Å²) < 4.78 is 0. The molecular weight excluding hydrogens is 342 g/mol. The van der Waals surface area contributed by atoms with Gasteiger partial charge in [0.15, 0.2) is 0 Å². The molecule has 0 saturated carbocycles. The number of imidazole rings is 2. The summed E-state index contributed by atoms with van der Waals surface area (Å²) in [4.78, 5) is 26.5. The Morgan fingerprint density at radius 3 is 1.67 bits per heavy atom. The monoisotopic (exact) mass is 359 g/mol. The fraction of sp³-hybridized carbons (Fsp3) is 0. The van der Waals surface area contributed by atoms with Crippen LogP contribution in [0.2, 0.25) is 0 Å². The van der Waals surface area contributed by atoms with E-state index >= 15 is 0 Å². The summed E-state index contributed by atoms with van der Waals surface area (Å²) in [5.74, 6) is 1.14. The number of hydrogen-bond donors (Lipinski definition) is 5. The first-order chi connectivity index (χ1) is 13.3. The molecule has 4 rings (SSSR count). The van der Waals surface area contributed by atoms with E-state index in [1.165, 1.54) is 0 Å². The number of hydrogen-bond acceptors (Lipinski definition) is 5. The van der Waals surface area contributed by atoms with Crippen molar-refractivity contribution in [3.63, 3.8) is 0 Å². The molecule has 134 valence electrons. The molecule has 4 aromatic rings. The number of carbonyl (C=O) groups excluding carboxylic acids is 1. The zero-order valence-electron chi connectivity index (χ0n) is 14.2. The van der Waals surface area contributed by atoms with Crippen LogP contribution >= 0.6 is 0 Å². The molecule has 0 fully saturated rings. The Kier molecular flexibility index (Phi) is 4.52. The number of anilines is 5. The van der Waals surface area contributed by atoms with Gasteiger partial charge in [0.1, 0.15) is 0 Å². The Morgan fingerprint density at radius 1 is 0.704 bits per heavy atom. The summed E-state index contributed by atoms with van der Waals surface area (Å²) in [5.41, 5.74) is 2.99. The second-order valence-electron chi connectivity index (χ2n) is 5.73. The van der Waals surface area contributed by atoms with Crippen LogP contribution < -0.4 is 16.0 Å². The Balaban J connectivity index is 1.36. The molecule has 8 nitrogen and oxygen atoms in total. The quantitative estimate of drug-likeness (QED) is 0.359. The third kappa shape index (κ3) is 4.13. The lowest BCUT2D eigenvalue weighted by atomic mass is 10.2. The topological polar surface area (TPSA) is 111 Å². The van der Waals surface area contributed by atoms with Crippen LogP contribution in [0.1, 0.15) is 10.4 Å². The molecule has 0 atom stereocenters. The van der Waals surface area contributed by atoms with E-state index in [4.69, 9.17) is 0 Å². The first-order valence-electron chi connectivity index (χ1n) is 8.30. The predicted molar refractivity (Wildman–Crippen MR) is 105 cm³/mol. The molecule has 0 spiro atoms. The minimum absolute atomic E-state index is 0.175. The second-order valence-corrected chi connectivity index (χ2v) is 5.73. The molecule has 0 bridgehead atoms. The number of aromatic amines is 2. The molecule has 27 heavy (non-hydrogen) atoms. The number of nitrogens with one attached hydrogen (secondary N) is 5. The number of nitrogens with zero attached hydrogens (tertiary/aromatic N) is 2. The number of aromatic nitrogens is 4. The highest BCUT2D eigenvalue weighted by atomic mass is 16.1. The number of carbonyl (C=O) groups is 1. The van der Waals surface area contributed by atoms with Gasteiger partial charge in [0, 0.05) is 47.4 Å². The van der Waals surface area contributed by atoms with Gasteiger partial charge in [0.2, 0.25) is 11.9 Å². The van der Waals surface area contributed by atoms with Crippen molar-refractivity contribution in [2.45, 2.75) is 0 Å². The first-order valence-corrected chi connectivity index (χ1v) is 8.30.